The summed E-state index contributed by atoms with van der Waals surface area (Å²) in [5, 5.41) is 0. The van der Waals surface area contributed by atoms with Crippen LogP contribution in [0.15, 0.2) is 23.8 Å². The summed E-state index contributed by atoms with van der Waals surface area (Å²) in [6.45, 7) is 6.03. The fourth-order valence-corrected chi connectivity index (χ4v) is 1.30. The Kier molecular flexibility index (Phi) is 4.58. The van der Waals surface area contributed by atoms with Gasteiger partial charge in [0.1, 0.15) is 6.29 Å². The van der Waals surface area contributed by atoms with E-state index in [-0.39, 0.29) is 6.79 Å². The molecule has 0 aliphatic carbocycles. The second-order valence-corrected chi connectivity index (χ2v) is 3.12. The Bertz CT molecular complexity index is 394. The van der Waals surface area contributed by atoms with Gasteiger partial charge in [0.05, 0.1) is 0 Å². The molecule has 0 fully saturated rings. The van der Waals surface area contributed by atoms with Gasteiger partial charge in [-0.2, -0.15) is 0 Å². The Morgan fingerprint density at radius 3 is 2.62 bits per heavy atom. The summed E-state index contributed by atoms with van der Waals surface area (Å²) >= 11 is 0. The lowest BCUT2D eigenvalue weighted by Crippen LogP contribution is -1.92. The Labute approximate surface area is 95.7 Å². The molecule has 1 aliphatic heterocycles. The van der Waals surface area contributed by atoms with Gasteiger partial charge in [0.15, 0.2) is 11.5 Å². The molecule has 0 amide bonds. The summed E-state index contributed by atoms with van der Waals surface area (Å²) in [5.41, 5.74) is 1.63. The van der Waals surface area contributed by atoms with E-state index in [2.05, 4.69) is 0 Å². The third kappa shape index (κ3) is 2.86. The van der Waals surface area contributed by atoms with E-state index in [1.165, 1.54) is 0 Å². The molecule has 16 heavy (non-hydrogen) atoms. The molecule has 1 heterocycles. The minimum atomic E-state index is 0.273. The number of hydrogen-bond acceptors (Lipinski definition) is 3. The normalized spacial score (nSPS) is 12.8. The molecular weight excluding hydrogens is 204 g/mol. The number of benzene rings is 1. The summed E-state index contributed by atoms with van der Waals surface area (Å²) in [4.78, 5) is 10.4. The van der Waals surface area contributed by atoms with E-state index >= 15 is 0 Å². The first-order chi connectivity index (χ1) is 7.79. The van der Waals surface area contributed by atoms with Crippen LogP contribution in [-0.2, 0) is 4.79 Å². The lowest BCUT2D eigenvalue weighted by molar-refractivity contribution is -0.104. The first kappa shape index (κ1) is 12.3. The molecule has 3 heteroatoms. The number of hydrogen-bond donors (Lipinski definition) is 0. The van der Waals surface area contributed by atoms with Crippen molar-refractivity contribution in [1.82, 2.24) is 0 Å². The van der Waals surface area contributed by atoms with Crippen LogP contribution in [0.25, 0.3) is 6.08 Å². The molecular formula is C13H16O3. The summed E-state index contributed by atoms with van der Waals surface area (Å²) in [7, 11) is 0. The maximum absolute atomic E-state index is 10.4. The van der Waals surface area contributed by atoms with Gasteiger partial charge in [0, 0.05) is 0 Å². The van der Waals surface area contributed by atoms with Crippen molar-refractivity contribution in [2.45, 2.75) is 20.8 Å². The van der Waals surface area contributed by atoms with Crippen LogP contribution >= 0.6 is 0 Å². The molecule has 0 aromatic heterocycles. The van der Waals surface area contributed by atoms with E-state index in [0.717, 1.165) is 23.3 Å². The van der Waals surface area contributed by atoms with E-state index in [1.54, 1.807) is 13.0 Å². The number of ether oxygens (including phenoxy) is 2. The summed E-state index contributed by atoms with van der Waals surface area (Å²) in [5.74, 6) is 1.49. The van der Waals surface area contributed by atoms with Crippen LogP contribution in [0.1, 0.15) is 26.3 Å². The molecule has 0 bridgehead atoms. The van der Waals surface area contributed by atoms with E-state index in [9.17, 15) is 4.79 Å². The zero-order chi connectivity index (χ0) is 12.0. The van der Waals surface area contributed by atoms with Crippen LogP contribution < -0.4 is 9.47 Å². The maximum atomic E-state index is 10.4. The zero-order valence-corrected chi connectivity index (χ0v) is 9.82. The molecule has 1 aromatic carbocycles. The number of allylic oxidation sites excluding steroid dienone is 1. The van der Waals surface area contributed by atoms with E-state index in [4.69, 9.17) is 9.47 Å². The number of fused-ring (bicyclic) bond motifs is 1. The molecule has 0 spiro atoms. The van der Waals surface area contributed by atoms with Crippen LogP contribution in [0.2, 0.25) is 0 Å². The topological polar surface area (TPSA) is 35.5 Å². The summed E-state index contributed by atoms with van der Waals surface area (Å²) in [6.07, 6.45) is 2.62. The van der Waals surface area contributed by atoms with Gasteiger partial charge >= 0.3 is 0 Å². The molecule has 1 aromatic rings. The van der Waals surface area contributed by atoms with Gasteiger partial charge in [0.2, 0.25) is 6.79 Å². The minimum Gasteiger partial charge on any atom is -0.454 e. The zero-order valence-electron chi connectivity index (χ0n) is 9.82. The highest BCUT2D eigenvalue weighted by molar-refractivity contribution is 5.81. The highest BCUT2D eigenvalue weighted by Crippen LogP contribution is 2.32. The van der Waals surface area contributed by atoms with Gasteiger partial charge in [-0.05, 0) is 36.3 Å². The van der Waals surface area contributed by atoms with Crippen molar-refractivity contribution >= 4 is 12.4 Å². The molecule has 0 N–H and O–H groups in total. The van der Waals surface area contributed by atoms with Crippen molar-refractivity contribution in [3.8, 4) is 11.5 Å². The van der Waals surface area contributed by atoms with Crippen molar-refractivity contribution in [2.75, 3.05) is 6.79 Å². The Morgan fingerprint density at radius 1 is 1.25 bits per heavy atom. The third-order valence-electron chi connectivity index (χ3n) is 1.98. The standard InChI is InChI=1S/C11H10O3.C2H6/c1-8(6-12)4-9-2-3-10-11(5-9)14-7-13-10;1-2/h2-6H,7H2,1H3;1-2H3/b8-4+;. The molecule has 0 saturated carbocycles. The van der Waals surface area contributed by atoms with Gasteiger partial charge in [-0.3, -0.25) is 4.79 Å². The van der Waals surface area contributed by atoms with Gasteiger partial charge in [-0.1, -0.05) is 19.9 Å². The Hall–Kier alpha value is -1.77. The smallest absolute Gasteiger partial charge is 0.231 e. The van der Waals surface area contributed by atoms with Crippen molar-refractivity contribution in [3.05, 3.63) is 29.3 Å². The van der Waals surface area contributed by atoms with Crippen LogP contribution in [0, 0.1) is 0 Å². The highest BCUT2D eigenvalue weighted by atomic mass is 16.7. The lowest BCUT2D eigenvalue weighted by Gasteiger charge is -1.97. The van der Waals surface area contributed by atoms with Crippen molar-refractivity contribution < 1.29 is 14.3 Å². The highest BCUT2D eigenvalue weighted by Gasteiger charge is 2.12. The molecule has 0 saturated heterocycles. The molecule has 2 rings (SSSR count). The van der Waals surface area contributed by atoms with Crippen molar-refractivity contribution in [2.24, 2.45) is 0 Å². The van der Waals surface area contributed by atoms with Crippen LogP contribution in [0.4, 0.5) is 0 Å². The molecule has 1 aliphatic rings. The summed E-state index contributed by atoms with van der Waals surface area (Å²) < 4.78 is 10.4. The number of carbonyl (C=O) groups excluding carboxylic acids is 1. The monoisotopic (exact) mass is 220 g/mol. The number of rotatable bonds is 2. The predicted octanol–water partition coefficient (Wildman–Crippen LogP) is 3.04. The lowest BCUT2D eigenvalue weighted by atomic mass is 10.1. The third-order valence-corrected chi connectivity index (χ3v) is 1.98. The van der Waals surface area contributed by atoms with Gasteiger partial charge in [0.25, 0.3) is 0 Å². The fraction of sp³-hybridized carbons (Fsp3) is 0.308. The average molecular weight is 220 g/mol. The average Bonchev–Trinajstić information content (AvgIpc) is 2.79. The van der Waals surface area contributed by atoms with Crippen LogP contribution in [0.5, 0.6) is 11.5 Å². The molecule has 0 unspecified atom stereocenters. The second-order valence-electron chi connectivity index (χ2n) is 3.12. The molecule has 86 valence electrons. The SMILES string of the molecule is C/C(C=O)=C\c1ccc2c(c1)OCO2.CC. The maximum Gasteiger partial charge on any atom is 0.231 e. The fourth-order valence-electron chi connectivity index (χ4n) is 1.30. The van der Waals surface area contributed by atoms with E-state index < -0.39 is 0 Å². The van der Waals surface area contributed by atoms with E-state index in [0.29, 0.717) is 5.57 Å². The molecule has 3 nitrogen and oxygen atoms in total. The minimum absolute atomic E-state index is 0.273. The number of aldehydes is 1. The Balaban J connectivity index is 0.000000606. The van der Waals surface area contributed by atoms with E-state index in [1.807, 2.05) is 32.0 Å². The predicted molar refractivity (Wildman–Crippen MR) is 63.6 cm³/mol. The summed E-state index contributed by atoms with van der Waals surface area (Å²) in [6, 6.07) is 5.59. The molecule has 0 radical (unpaired) electrons. The van der Waals surface area contributed by atoms with Crippen LogP contribution in [-0.4, -0.2) is 13.1 Å². The van der Waals surface area contributed by atoms with Crippen molar-refractivity contribution in [1.29, 1.82) is 0 Å². The first-order valence-electron chi connectivity index (χ1n) is 5.33. The van der Waals surface area contributed by atoms with Crippen molar-refractivity contribution in [3.63, 3.8) is 0 Å². The quantitative estimate of drug-likeness (QED) is 0.567. The van der Waals surface area contributed by atoms with Gasteiger partial charge < -0.3 is 9.47 Å². The number of carbonyl (C=O) groups is 1. The van der Waals surface area contributed by atoms with Crippen LogP contribution in [0.3, 0.4) is 0 Å². The first-order valence-corrected chi connectivity index (χ1v) is 5.33. The largest absolute Gasteiger partial charge is 0.454 e. The van der Waals surface area contributed by atoms with Gasteiger partial charge in [-0.25, -0.2) is 0 Å². The Morgan fingerprint density at radius 2 is 1.94 bits per heavy atom. The van der Waals surface area contributed by atoms with Gasteiger partial charge in [-0.15, -0.1) is 0 Å². The second kappa shape index (κ2) is 5.95. The molecule has 0 atom stereocenters.